The summed E-state index contributed by atoms with van der Waals surface area (Å²) in [6.45, 7) is 4.23. The number of halogens is 3. The number of nitrogens with two attached hydrogens (primary N) is 2. The Labute approximate surface area is 200 Å². The summed E-state index contributed by atoms with van der Waals surface area (Å²) >= 11 is 0. The average Bonchev–Trinajstić information content (AvgIpc) is 3.28. The Kier molecular flexibility index (Phi) is 7.98. The van der Waals surface area contributed by atoms with Crippen molar-refractivity contribution >= 4 is 11.6 Å². The lowest BCUT2D eigenvalue weighted by atomic mass is 9.99. The molecule has 0 radical (unpaired) electrons. The lowest BCUT2D eigenvalue weighted by Gasteiger charge is -2.27. The average molecular weight is 496 g/mol. The van der Waals surface area contributed by atoms with E-state index in [1.165, 1.54) is 24.3 Å². The number of carbonyl (C=O) groups is 1. The number of rotatable bonds is 9. The molecule has 1 atom stereocenters. The molecular weight excluding hydrogens is 467 g/mol. The first-order chi connectivity index (χ1) is 16.4. The van der Waals surface area contributed by atoms with Crippen LogP contribution in [0.2, 0.25) is 0 Å². The molecule has 0 aliphatic carbocycles. The van der Waals surface area contributed by atoms with Gasteiger partial charge in [-0.25, -0.2) is 0 Å². The molecule has 1 amide bonds. The summed E-state index contributed by atoms with van der Waals surface area (Å²) in [6, 6.07) is 9.05. The number of nitro groups is 1. The molecule has 5 N–H and O–H groups in total. The summed E-state index contributed by atoms with van der Waals surface area (Å²) in [5.74, 6) is -0.499. The van der Waals surface area contributed by atoms with E-state index in [-0.39, 0.29) is 29.5 Å². The number of carbonyl (C=O) groups excluding carboxylic acids is 1. The summed E-state index contributed by atoms with van der Waals surface area (Å²) in [6.07, 6.45) is -2.79. The minimum atomic E-state index is -4.84. The monoisotopic (exact) mass is 495 g/mol. The standard InChI is InChI=1S/C23H28F3N5O4/c1-2-30-11-3-4-18(30)13-29-21(32)16-7-10-20(19(12-16)31(33)34)35-14-15-5-8-17(9-6-15)22(27,28)23(24,25)26/h5-10,12,18H,2-4,11,13-14,27-28H2,1H3,(H,29,32). The van der Waals surface area contributed by atoms with Gasteiger partial charge in [0.1, 0.15) is 6.61 Å². The van der Waals surface area contributed by atoms with Crippen molar-refractivity contribution < 1.29 is 27.6 Å². The van der Waals surface area contributed by atoms with Crippen LogP contribution in [0.4, 0.5) is 18.9 Å². The summed E-state index contributed by atoms with van der Waals surface area (Å²) in [5.41, 5.74) is 7.24. The van der Waals surface area contributed by atoms with Gasteiger partial charge in [0.2, 0.25) is 0 Å². The summed E-state index contributed by atoms with van der Waals surface area (Å²) in [7, 11) is 0. The molecule has 190 valence electrons. The SMILES string of the molecule is CCN1CCCC1CNC(=O)c1ccc(OCc2ccc(C(N)(N)C(F)(F)F)cc2)c([N+](=O)[O-])c1. The highest BCUT2D eigenvalue weighted by molar-refractivity contribution is 5.95. The number of benzene rings is 2. The van der Waals surface area contributed by atoms with E-state index in [9.17, 15) is 28.1 Å². The third-order valence-corrected chi connectivity index (χ3v) is 6.12. The normalized spacial score (nSPS) is 16.8. The number of alkyl halides is 3. The molecule has 2 aromatic carbocycles. The maximum atomic E-state index is 13.0. The minimum Gasteiger partial charge on any atom is -0.482 e. The number of nitro benzene ring substituents is 1. The Hall–Kier alpha value is -3.22. The lowest BCUT2D eigenvalue weighted by molar-refractivity contribution is -0.386. The van der Waals surface area contributed by atoms with Gasteiger partial charge in [-0.2, -0.15) is 13.2 Å². The van der Waals surface area contributed by atoms with E-state index >= 15 is 0 Å². The van der Waals surface area contributed by atoms with Gasteiger partial charge in [-0.1, -0.05) is 31.2 Å². The van der Waals surface area contributed by atoms with Crippen LogP contribution in [0.25, 0.3) is 0 Å². The fourth-order valence-corrected chi connectivity index (χ4v) is 3.98. The van der Waals surface area contributed by atoms with Gasteiger partial charge < -0.3 is 21.5 Å². The molecule has 1 aliphatic rings. The van der Waals surface area contributed by atoms with E-state index < -0.39 is 28.4 Å². The quantitative estimate of drug-likeness (QED) is 0.276. The third-order valence-electron chi connectivity index (χ3n) is 6.12. The molecule has 3 rings (SSSR count). The highest BCUT2D eigenvalue weighted by Crippen LogP contribution is 2.33. The van der Waals surface area contributed by atoms with Crippen molar-refractivity contribution in [2.75, 3.05) is 19.6 Å². The lowest BCUT2D eigenvalue weighted by Crippen LogP contribution is -2.57. The molecule has 1 unspecified atom stereocenters. The van der Waals surface area contributed by atoms with Gasteiger partial charge in [-0.3, -0.25) is 19.8 Å². The topological polar surface area (TPSA) is 137 Å². The second-order valence-corrected chi connectivity index (χ2v) is 8.43. The van der Waals surface area contributed by atoms with Gasteiger partial charge in [0, 0.05) is 24.2 Å². The van der Waals surface area contributed by atoms with Crippen molar-refractivity contribution in [3.05, 3.63) is 69.3 Å². The number of nitrogens with one attached hydrogen (secondary N) is 1. The first-order valence-corrected chi connectivity index (χ1v) is 11.1. The number of hydrogen-bond donors (Lipinski definition) is 3. The van der Waals surface area contributed by atoms with Gasteiger partial charge in [0.05, 0.1) is 4.92 Å². The highest BCUT2D eigenvalue weighted by Gasteiger charge is 2.50. The molecule has 35 heavy (non-hydrogen) atoms. The van der Waals surface area contributed by atoms with Crippen molar-refractivity contribution in [2.45, 2.75) is 44.3 Å². The van der Waals surface area contributed by atoms with Crippen LogP contribution < -0.4 is 21.5 Å². The number of likely N-dealkylation sites (tertiary alicyclic amines) is 1. The maximum Gasteiger partial charge on any atom is 0.423 e. The van der Waals surface area contributed by atoms with Crippen molar-refractivity contribution in [1.82, 2.24) is 10.2 Å². The number of likely N-dealkylation sites (N-methyl/N-ethyl adjacent to an activating group) is 1. The second kappa shape index (κ2) is 10.6. The zero-order valence-electron chi connectivity index (χ0n) is 19.2. The fourth-order valence-electron chi connectivity index (χ4n) is 3.98. The smallest absolute Gasteiger partial charge is 0.423 e. The summed E-state index contributed by atoms with van der Waals surface area (Å²) < 4.78 is 44.5. The molecule has 0 bridgehead atoms. The molecule has 1 fully saturated rings. The van der Waals surface area contributed by atoms with E-state index in [2.05, 4.69) is 17.1 Å². The van der Waals surface area contributed by atoms with Crippen LogP contribution in [-0.4, -0.2) is 47.6 Å². The Bertz CT molecular complexity index is 1060. The Balaban J connectivity index is 1.66. The van der Waals surface area contributed by atoms with Crippen LogP contribution in [0.1, 0.15) is 41.3 Å². The Morgan fingerprint density at radius 2 is 1.91 bits per heavy atom. The number of hydrogen-bond acceptors (Lipinski definition) is 7. The second-order valence-electron chi connectivity index (χ2n) is 8.43. The van der Waals surface area contributed by atoms with E-state index in [0.717, 1.165) is 44.1 Å². The summed E-state index contributed by atoms with van der Waals surface area (Å²) in [5, 5.41) is 14.4. The first-order valence-electron chi connectivity index (χ1n) is 11.1. The zero-order valence-corrected chi connectivity index (χ0v) is 19.2. The van der Waals surface area contributed by atoms with Crippen LogP contribution in [0.15, 0.2) is 42.5 Å². The van der Waals surface area contributed by atoms with E-state index in [4.69, 9.17) is 16.2 Å². The van der Waals surface area contributed by atoms with Gasteiger partial charge in [-0.05, 0) is 49.2 Å². The summed E-state index contributed by atoms with van der Waals surface area (Å²) in [4.78, 5) is 25.7. The van der Waals surface area contributed by atoms with E-state index in [1.807, 2.05) is 0 Å². The van der Waals surface area contributed by atoms with Crippen LogP contribution in [-0.2, 0) is 12.3 Å². The zero-order chi connectivity index (χ0) is 25.8. The van der Waals surface area contributed by atoms with Gasteiger partial charge in [0.15, 0.2) is 11.4 Å². The third kappa shape index (κ3) is 6.08. The van der Waals surface area contributed by atoms with Crippen LogP contribution in [0.3, 0.4) is 0 Å². The molecule has 0 aromatic heterocycles. The van der Waals surface area contributed by atoms with Crippen molar-refractivity contribution in [3.8, 4) is 5.75 Å². The first kappa shape index (κ1) is 26.4. The molecule has 2 aromatic rings. The van der Waals surface area contributed by atoms with Gasteiger partial charge >= 0.3 is 11.9 Å². The van der Waals surface area contributed by atoms with Crippen molar-refractivity contribution in [2.24, 2.45) is 11.5 Å². The van der Waals surface area contributed by atoms with Crippen LogP contribution in [0, 0.1) is 10.1 Å². The highest BCUT2D eigenvalue weighted by atomic mass is 19.4. The molecule has 1 heterocycles. The molecule has 1 aliphatic heterocycles. The largest absolute Gasteiger partial charge is 0.482 e. The van der Waals surface area contributed by atoms with E-state index in [1.54, 1.807) is 0 Å². The van der Waals surface area contributed by atoms with Crippen LogP contribution in [0.5, 0.6) is 5.75 Å². The molecule has 1 saturated heterocycles. The Morgan fingerprint density at radius 3 is 2.51 bits per heavy atom. The fraction of sp³-hybridized carbons (Fsp3) is 0.435. The molecule has 12 heteroatoms. The predicted octanol–water partition coefficient (Wildman–Crippen LogP) is 3.02. The van der Waals surface area contributed by atoms with Crippen molar-refractivity contribution in [1.29, 1.82) is 0 Å². The number of nitrogens with zero attached hydrogens (tertiary/aromatic N) is 2. The number of ether oxygens (including phenoxy) is 1. The molecule has 9 nitrogen and oxygen atoms in total. The van der Waals surface area contributed by atoms with Crippen molar-refractivity contribution in [3.63, 3.8) is 0 Å². The number of amides is 1. The van der Waals surface area contributed by atoms with E-state index in [0.29, 0.717) is 12.1 Å². The molecule has 0 saturated carbocycles. The predicted molar refractivity (Wildman–Crippen MR) is 123 cm³/mol. The molecular formula is C23H28F3N5O4. The van der Waals surface area contributed by atoms with Gasteiger partial charge in [-0.15, -0.1) is 0 Å². The van der Waals surface area contributed by atoms with Gasteiger partial charge in [0.25, 0.3) is 5.91 Å². The molecule has 0 spiro atoms. The maximum absolute atomic E-state index is 13.0. The Morgan fingerprint density at radius 1 is 1.23 bits per heavy atom. The van der Waals surface area contributed by atoms with Crippen LogP contribution >= 0.6 is 0 Å². The minimum absolute atomic E-state index is 0.0779.